The van der Waals surface area contributed by atoms with Crippen molar-refractivity contribution in [2.45, 2.75) is 0 Å². The molecule has 0 unspecified atom stereocenters. The van der Waals surface area contributed by atoms with E-state index in [0.717, 1.165) is 26.2 Å². The highest BCUT2D eigenvalue weighted by molar-refractivity contribution is 5.86. The first-order valence-electron chi connectivity index (χ1n) is 2.41. The van der Waals surface area contributed by atoms with E-state index in [1.807, 2.05) is 0 Å². The summed E-state index contributed by atoms with van der Waals surface area (Å²) in [5, 5.41) is 6.44. The molecule has 7 heteroatoms. The zero-order valence-electron chi connectivity index (χ0n) is 6.05. The molecule has 0 atom stereocenters. The first-order valence-corrected chi connectivity index (χ1v) is 2.41. The lowest BCUT2D eigenvalue weighted by molar-refractivity contribution is 0.534. The standard InChI is InChI=1S/C4H10N2.3ClH.2H2O/c1-2-6-4-3-5-1;;;;;/h5-6H,1-4H2;3*1H;2*1H2. The van der Waals surface area contributed by atoms with Crippen LogP contribution in [0.3, 0.4) is 0 Å². The second kappa shape index (κ2) is 22.4. The molecule has 0 aromatic carbocycles. The number of nitrogens with one attached hydrogen (secondary N) is 2. The van der Waals surface area contributed by atoms with Gasteiger partial charge in [0.25, 0.3) is 0 Å². The minimum Gasteiger partial charge on any atom is -0.412 e. The maximum Gasteiger partial charge on any atom is 0.00772 e. The second-order valence-corrected chi connectivity index (χ2v) is 1.50. The molecular formula is C4H17Cl3N2O2. The number of hydrogen-bond donors (Lipinski definition) is 2. The van der Waals surface area contributed by atoms with Crippen molar-refractivity contribution in [1.29, 1.82) is 0 Å². The maximum absolute atomic E-state index is 3.22. The number of hydrogen-bond acceptors (Lipinski definition) is 2. The van der Waals surface area contributed by atoms with E-state index in [4.69, 9.17) is 0 Å². The van der Waals surface area contributed by atoms with Gasteiger partial charge in [0.1, 0.15) is 0 Å². The zero-order valence-corrected chi connectivity index (χ0v) is 8.50. The van der Waals surface area contributed by atoms with E-state index >= 15 is 0 Å². The third-order valence-electron chi connectivity index (χ3n) is 0.957. The van der Waals surface area contributed by atoms with Gasteiger partial charge < -0.3 is 21.6 Å². The lowest BCUT2D eigenvalue weighted by Crippen LogP contribution is -2.39. The van der Waals surface area contributed by atoms with Crippen molar-refractivity contribution in [3.63, 3.8) is 0 Å². The van der Waals surface area contributed by atoms with Gasteiger partial charge in [0, 0.05) is 26.2 Å². The van der Waals surface area contributed by atoms with Gasteiger partial charge in [0.05, 0.1) is 0 Å². The summed E-state index contributed by atoms with van der Waals surface area (Å²) in [6.45, 7) is 4.56. The zero-order chi connectivity index (χ0) is 4.24. The van der Waals surface area contributed by atoms with Crippen molar-refractivity contribution in [3.8, 4) is 0 Å². The smallest absolute Gasteiger partial charge is 0.00772 e. The van der Waals surface area contributed by atoms with Crippen molar-refractivity contribution >= 4 is 37.2 Å². The number of halogens is 3. The highest BCUT2D eigenvalue weighted by Crippen LogP contribution is 1.65. The summed E-state index contributed by atoms with van der Waals surface area (Å²) in [6, 6.07) is 0. The lowest BCUT2D eigenvalue weighted by Gasteiger charge is -2.11. The van der Waals surface area contributed by atoms with Crippen LogP contribution in [0.15, 0.2) is 0 Å². The molecule has 0 aliphatic carbocycles. The average molecular weight is 232 g/mol. The summed E-state index contributed by atoms with van der Waals surface area (Å²) in [5.74, 6) is 0. The normalized spacial score (nSPS) is 13.1. The molecule has 1 saturated heterocycles. The molecule has 0 saturated carbocycles. The van der Waals surface area contributed by atoms with E-state index in [9.17, 15) is 0 Å². The molecule has 1 rings (SSSR count). The lowest BCUT2D eigenvalue weighted by atomic mass is 10.4. The van der Waals surface area contributed by atoms with Crippen molar-refractivity contribution in [3.05, 3.63) is 0 Å². The molecule has 0 amide bonds. The molecule has 0 aromatic rings. The Hall–Kier alpha value is 0.710. The molecule has 1 aliphatic rings. The Bertz CT molecular complexity index is 36.8. The summed E-state index contributed by atoms with van der Waals surface area (Å²) >= 11 is 0. The summed E-state index contributed by atoms with van der Waals surface area (Å²) < 4.78 is 0. The molecule has 0 radical (unpaired) electrons. The van der Waals surface area contributed by atoms with Gasteiger partial charge in [0.15, 0.2) is 0 Å². The van der Waals surface area contributed by atoms with E-state index in [0.29, 0.717) is 0 Å². The Kier molecular flexibility index (Phi) is 60.8. The monoisotopic (exact) mass is 230 g/mol. The topological polar surface area (TPSA) is 87.1 Å². The first-order chi connectivity index (χ1) is 3.00. The minimum atomic E-state index is 0. The van der Waals surface area contributed by atoms with Crippen LogP contribution in [0.4, 0.5) is 0 Å². The Morgan fingerprint density at radius 2 is 0.727 bits per heavy atom. The third-order valence-corrected chi connectivity index (χ3v) is 0.957. The molecule has 11 heavy (non-hydrogen) atoms. The SMILES string of the molecule is C1CNCCN1.Cl.Cl.Cl.O.O. The summed E-state index contributed by atoms with van der Waals surface area (Å²) in [6.07, 6.45) is 0. The quantitative estimate of drug-likeness (QED) is 0.548. The molecule has 4 nitrogen and oxygen atoms in total. The fourth-order valence-corrected chi connectivity index (χ4v) is 0.604. The minimum absolute atomic E-state index is 0. The first kappa shape index (κ1) is 29.8. The Balaban J connectivity index is -0.0000000240. The molecule has 76 valence electrons. The Morgan fingerprint density at radius 1 is 0.545 bits per heavy atom. The Morgan fingerprint density at radius 3 is 0.818 bits per heavy atom. The van der Waals surface area contributed by atoms with Crippen molar-refractivity contribution in [2.75, 3.05) is 26.2 Å². The van der Waals surface area contributed by atoms with Crippen LogP contribution in [-0.4, -0.2) is 37.1 Å². The molecule has 1 heterocycles. The maximum atomic E-state index is 3.22. The fraction of sp³-hybridized carbons (Fsp3) is 1.00. The van der Waals surface area contributed by atoms with Crippen LogP contribution in [0.2, 0.25) is 0 Å². The largest absolute Gasteiger partial charge is 0.412 e. The predicted octanol–water partition coefficient (Wildman–Crippen LogP) is -1.20. The van der Waals surface area contributed by atoms with E-state index in [1.165, 1.54) is 0 Å². The third kappa shape index (κ3) is 18.0. The fourth-order valence-electron chi connectivity index (χ4n) is 0.604. The van der Waals surface area contributed by atoms with E-state index < -0.39 is 0 Å². The van der Waals surface area contributed by atoms with E-state index in [1.54, 1.807) is 0 Å². The Labute approximate surface area is 85.3 Å². The molecule has 0 spiro atoms. The van der Waals surface area contributed by atoms with Gasteiger partial charge in [-0.3, -0.25) is 0 Å². The van der Waals surface area contributed by atoms with Gasteiger partial charge in [0.2, 0.25) is 0 Å². The van der Waals surface area contributed by atoms with Crippen LogP contribution in [0.5, 0.6) is 0 Å². The van der Waals surface area contributed by atoms with Crippen LogP contribution < -0.4 is 10.6 Å². The molecular weight excluding hydrogens is 214 g/mol. The molecule has 0 bridgehead atoms. The number of piperazine rings is 1. The predicted molar refractivity (Wildman–Crippen MR) is 54.7 cm³/mol. The van der Waals surface area contributed by atoms with Crippen molar-refractivity contribution in [2.24, 2.45) is 0 Å². The van der Waals surface area contributed by atoms with Crippen LogP contribution >= 0.6 is 37.2 Å². The van der Waals surface area contributed by atoms with Gasteiger partial charge in [-0.15, -0.1) is 37.2 Å². The number of rotatable bonds is 0. The van der Waals surface area contributed by atoms with Gasteiger partial charge in [-0.25, -0.2) is 0 Å². The van der Waals surface area contributed by atoms with Crippen LogP contribution in [-0.2, 0) is 0 Å². The van der Waals surface area contributed by atoms with Crippen LogP contribution in [0.1, 0.15) is 0 Å². The summed E-state index contributed by atoms with van der Waals surface area (Å²) in [5.41, 5.74) is 0. The van der Waals surface area contributed by atoms with Crippen molar-refractivity contribution < 1.29 is 11.0 Å². The van der Waals surface area contributed by atoms with Gasteiger partial charge in [-0.1, -0.05) is 0 Å². The van der Waals surface area contributed by atoms with E-state index in [2.05, 4.69) is 10.6 Å². The van der Waals surface area contributed by atoms with Gasteiger partial charge in [-0.2, -0.15) is 0 Å². The van der Waals surface area contributed by atoms with Crippen LogP contribution in [0, 0.1) is 0 Å². The molecule has 0 aromatic heterocycles. The van der Waals surface area contributed by atoms with Gasteiger partial charge >= 0.3 is 0 Å². The molecule has 6 N–H and O–H groups in total. The summed E-state index contributed by atoms with van der Waals surface area (Å²) in [7, 11) is 0. The van der Waals surface area contributed by atoms with Crippen LogP contribution in [0.25, 0.3) is 0 Å². The average Bonchev–Trinajstić information content (AvgIpc) is 1.72. The second-order valence-electron chi connectivity index (χ2n) is 1.50. The summed E-state index contributed by atoms with van der Waals surface area (Å²) in [4.78, 5) is 0. The molecule has 1 aliphatic heterocycles. The van der Waals surface area contributed by atoms with Crippen molar-refractivity contribution in [1.82, 2.24) is 10.6 Å². The van der Waals surface area contributed by atoms with Gasteiger partial charge in [-0.05, 0) is 0 Å². The molecule has 1 fully saturated rings. The van der Waals surface area contributed by atoms with E-state index in [-0.39, 0.29) is 48.2 Å². The highest BCUT2D eigenvalue weighted by atomic mass is 35.5. The highest BCUT2D eigenvalue weighted by Gasteiger charge is 1.91.